The van der Waals surface area contributed by atoms with Crippen LogP contribution in [0.1, 0.15) is 37.0 Å². The molecule has 0 amide bonds. The lowest BCUT2D eigenvalue weighted by molar-refractivity contribution is 0.0457. The molecule has 21 heavy (non-hydrogen) atoms. The molecule has 0 radical (unpaired) electrons. The van der Waals surface area contributed by atoms with Crippen LogP contribution < -0.4 is 10.6 Å². The van der Waals surface area contributed by atoms with Crippen molar-refractivity contribution in [3.05, 3.63) is 17.8 Å². The van der Waals surface area contributed by atoms with Crippen molar-refractivity contribution in [1.29, 1.82) is 0 Å². The van der Waals surface area contributed by atoms with E-state index in [0.717, 1.165) is 32.5 Å². The van der Waals surface area contributed by atoms with Crippen molar-refractivity contribution in [3.63, 3.8) is 0 Å². The largest absolute Gasteiger partial charge is 0.462 e. The van der Waals surface area contributed by atoms with Gasteiger partial charge in [0.1, 0.15) is 0 Å². The molecule has 1 aromatic heterocycles. The van der Waals surface area contributed by atoms with Gasteiger partial charge < -0.3 is 20.1 Å². The number of pyridine rings is 1. The minimum atomic E-state index is -0.400. The Balaban J connectivity index is 2.11. The minimum Gasteiger partial charge on any atom is -0.462 e. The highest BCUT2D eigenvalue weighted by molar-refractivity contribution is 5.97. The van der Waals surface area contributed by atoms with Crippen molar-refractivity contribution in [2.24, 2.45) is 0 Å². The molecule has 0 unspecified atom stereocenters. The van der Waals surface area contributed by atoms with Gasteiger partial charge >= 0.3 is 5.97 Å². The average molecular weight is 293 g/mol. The van der Waals surface area contributed by atoms with Crippen LogP contribution in [0.15, 0.2) is 12.3 Å². The van der Waals surface area contributed by atoms with Gasteiger partial charge in [-0.15, -0.1) is 0 Å². The van der Waals surface area contributed by atoms with Crippen molar-refractivity contribution in [2.45, 2.75) is 32.8 Å². The normalized spacial score (nSPS) is 16.0. The van der Waals surface area contributed by atoms with Gasteiger partial charge in [0.2, 0.25) is 0 Å². The maximum Gasteiger partial charge on any atom is 0.340 e. The molecule has 2 N–H and O–H groups in total. The van der Waals surface area contributed by atoms with Gasteiger partial charge in [-0.25, -0.2) is 9.78 Å². The molecule has 0 aromatic carbocycles. The molecule has 1 saturated heterocycles. The molecule has 0 aliphatic carbocycles. The van der Waals surface area contributed by atoms with E-state index in [9.17, 15) is 4.79 Å². The van der Waals surface area contributed by atoms with Gasteiger partial charge in [0, 0.05) is 25.9 Å². The Labute approximate surface area is 125 Å². The first-order valence-electron chi connectivity index (χ1n) is 7.45. The Hall–Kier alpha value is -1.82. The number of aromatic nitrogens is 1. The number of hydrogen-bond donors (Lipinski definition) is 1. The lowest BCUT2D eigenvalue weighted by Gasteiger charge is -2.33. The molecule has 6 heteroatoms. The van der Waals surface area contributed by atoms with Gasteiger partial charge in [0.25, 0.3) is 0 Å². The predicted molar refractivity (Wildman–Crippen MR) is 81.5 cm³/mol. The Morgan fingerprint density at radius 3 is 2.71 bits per heavy atom. The molecule has 1 fully saturated rings. The van der Waals surface area contributed by atoms with Gasteiger partial charge in [0.15, 0.2) is 5.82 Å². The van der Waals surface area contributed by atoms with Crippen molar-refractivity contribution >= 4 is 17.5 Å². The summed E-state index contributed by atoms with van der Waals surface area (Å²) in [4.78, 5) is 18.3. The summed E-state index contributed by atoms with van der Waals surface area (Å²) in [5.41, 5.74) is 6.88. The predicted octanol–water partition coefficient (Wildman–Crippen LogP) is 1.85. The van der Waals surface area contributed by atoms with Crippen molar-refractivity contribution in [1.82, 2.24) is 4.98 Å². The van der Waals surface area contributed by atoms with E-state index in [1.807, 2.05) is 6.92 Å². The number of nitrogens with zero attached hydrogens (tertiary/aromatic N) is 2. The van der Waals surface area contributed by atoms with E-state index >= 15 is 0 Å². The monoisotopic (exact) mass is 293 g/mol. The zero-order chi connectivity index (χ0) is 15.2. The van der Waals surface area contributed by atoms with E-state index < -0.39 is 5.97 Å². The number of anilines is 2. The van der Waals surface area contributed by atoms with E-state index in [1.165, 1.54) is 0 Å². The van der Waals surface area contributed by atoms with Crippen LogP contribution in [0.4, 0.5) is 11.5 Å². The third kappa shape index (κ3) is 3.64. The first-order chi connectivity index (χ1) is 10.2. The molecule has 2 heterocycles. The van der Waals surface area contributed by atoms with Gasteiger partial charge in [-0.1, -0.05) is 0 Å². The molecule has 116 valence electrons. The van der Waals surface area contributed by atoms with Gasteiger partial charge in [0.05, 0.1) is 24.0 Å². The Kier molecular flexibility index (Phi) is 5.38. The molecule has 2 rings (SSSR count). The Morgan fingerprint density at radius 1 is 1.38 bits per heavy atom. The van der Waals surface area contributed by atoms with Crippen molar-refractivity contribution in [2.75, 3.05) is 36.9 Å². The van der Waals surface area contributed by atoms with E-state index in [2.05, 4.69) is 9.88 Å². The first-order valence-corrected chi connectivity index (χ1v) is 7.45. The van der Waals surface area contributed by atoms with Crippen LogP contribution in [-0.2, 0) is 9.47 Å². The minimum absolute atomic E-state index is 0.306. The average Bonchev–Trinajstić information content (AvgIpc) is 2.49. The van der Waals surface area contributed by atoms with Crippen LogP contribution in [0.2, 0.25) is 0 Å². The zero-order valence-corrected chi connectivity index (χ0v) is 12.7. The number of rotatable bonds is 5. The molecule has 1 aliphatic rings. The number of ether oxygens (including phenoxy) is 2. The molecule has 1 aromatic rings. The van der Waals surface area contributed by atoms with E-state index in [0.29, 0.717) is 29.8 Å². The topological polar surface area (TPSA) is 77.7 Å². The van der Waals surface area contributed by atoms with Crippen LogP contribution >= 0.6 is 0 Å². The van der Waals surface area contributed by atoms with Gasteiger partial charge in [-0.05, 0) is 32.8 Å². The number of carbonyl (C=O) groups excluding carboxylic acids is 1. The fraction of sp³-hybridized carbons (Fsp3) is 0.600. The SMILES string of the molecule is CCOC(=O)c1ccnc(N2CCC(OCC)CC2)c1N. The molecule has 0 atom stereocenters. The second-order valence-electron chi connectivity index (χ2n) is 4.96. The van der Waals surface area contributed by atoms with E-state index in [4.69, 9.17) is 15.2 Å². The zero-order valence-electron chi connectivity index (χ0n) is 12.7. The summed E-state index contributed by atoms with van der Waals surface area (Å²) in [6.07, 6.45) is 3.80. The molecular formula is C15H23N3O3. The summed E-state index contributed by atoms with van der Waals surface area (Å²) < 4.78 is 10.7. The maximum atomic E-state index is 11.9. The molecule has 0 saturated carbocycles. The third-order valence-corrected chi connectivity index (χ3v) is 3.61. The summed E-state index contributed by atoms with van der Waals surface area (Å²) in [5.74, 6) is 0.262. The number of nitrogen functional groups attached to an aromatic ring is 1. The van der Waals surface area contributed by atoms with Gasteiger partial charge in [-0.2, -0.15) is 0 Å². The fourth-order valence-corrected chi connectivity index (χ4v) is 2.57. The van der Waals surface area contributed by atoms with Crippen LogP contribution in [0.5, 0.6) is 0 Å². The third-order valence-electron chi connectivity index (χ3n) is 3.61. The van der Waals surface area contributed by atoms with Crippen LogP contribution in [0.25, 0.3) is 0 Å². The number of carbonyl (C=O) groups is 1. The number of esters is 1. The Bertz CT molecular complexity index is 485. The molecule has 1 aliphatic heterocycles. The van der Waals surface area contributed by atoms with E-state index in [-0.39, 0.29) is 0 Å². The molecule has 6 nitrogen and oxygen atoms in total. The van der Waals surface area contributed by atoms with Crippen LogP contribution in [0.3, 0.4) is 0 Å². The second-order valence-corrected chi connectivity index (χ2v) is 4.96. The quantitative estimate of drug-likeness (QED) is 0.835. The lowest BCUT2D eigenvalue weighted by Crippen LogP contribution is -2.38. The lowest BCUT2D eigenvalue weighted by atomic mass is 10.1. The van der Waals surface area contributed by atoms with Gasteiger partial charge in [-0.3, -0.25) is 0 Å². The molecular weight excluding hydrogens is 270 g/mol. The highest BCUT2D eigenvalue weighted by atomic mass is 16.5. The van der Waals surface area contributed by atoms with Crippen molar-refractivity contribution < 1.29 is 14.3 Å². The second kappa shape index (κ2) is 7.26. The van der Waals surface area contributed by atoms with E-state index in [1.54, 1.807) is 19.2 Å². The number of hydrogen-bond acceptors (Lipinski definition) is 6. The Morgan fingerprint density at radius 2 is 2.10 bits per heavy atom. The summed E-state index contributed by atoms with van der Waals surface area (Å²) in [7, 11) is 0. The summed E-state index contributed by atoms with van der Waals surface area (Å²) >= 11 is 0. The van der Waals surface area contributed by atoms with Crippen LogP contribution in [0, 0.1) is 0 Å². The number of nitrogens with two attached hydrogens (primary N) is 1. The maximum absolute atomic E-state index is 11.9. The summed E-state index contributed by atoms with van der Waals surface area (Å²) in [6, 6.07) is 1.60. The summed E-state index contributed by atoms with van der Waals surface area (Å²) in [6.45, 7) is 6.50. The van der Waals surface area contributed by atoms with Crippen LogP contribution in [-0.4, -0.2) is 43.4 Å². The van der Waals surface area contributed by atoms with Crippen molar-refractivity contribution in [3.8, 4) is 0 Å². The number of piperidine rings is 1. The highest BCUT2D eigenvalue weighted by Crippen LogP contribution is 2.27. The molecule has 0 spiro atoms. The summed E-state index contributed by atoms with van der Waals surface area (Å²) in [5, 5.41) is 0. The fourth-order valence-electron chi connectivity index (χ4n) is 2.57. The molecule has 0 bridgehead atoms. The standard InChI is InChI=1S/C15H23N3O3/c1-3-20-11-6-9-18(10-7-11)14-13(16)12(5-8-17-14)15(19)21-4-2/h5,8,11H,3-4,6-7,9-10,16H2,1-2H3. The smallest absolute Gasteiger partial charge is 0.340 e. The first kappa shape index (κ1) is 15.6. The highest BCUT2D eigenvalue weighted by Gasteiger charge is 2.24.